The molecule has 3 N–H and O–H groups in total. The fourth-order valence-corrected chi connectivity index (χ4v) is 4.46. The van der Waals surface area contributed by atoms with Gasteiger partial charge >= 0.3 is 0 Å². The summed E-state index contributed by atoms with van der Waals surface area (Å²) in [6.45, 7) is 0. The van der Waals surface area contributed by atoms with Crippen LogP contribution in [0.15, 0.2) is 70.5 Å². The highest BCUT2D eigenvalue weighted by molar-refractivity contribution is 7.91. The molecule has 0 atom stereocenters. The normalized spacial score (nSPS) is 10.9. The minimum Gasteiger partial charge on any atom is -0.497 e. The van der Waals surface area contributed by atoms with E-state index < -0.39 is 20.7 Å². The molecule has 32 heavy (non-hydrogen) atoms. The van der Waals surface area contributed by atoms with Crippen LogP contribution in [0.5, 0.6) is 11.5 Å². The van der Waals surface area contributed by atoms with E-state index in [1.165, 1.54) is 32.4 Å². The number of nitrogens with two attached hydrogens (primary N) is 1. The van der Waals surface area contributed by atoms with Crippen LogP contribution in [-0.4, -0.2) is 33.5 Å². The van der Waals surface area contributed by atoms with Crippen molar-refractivity contribution >= 4 is 32.8 Å². The van der Waals surface area contributed by atoms with Crippen molar-refractivity contribution < 1.29 is 27.6 Å². The molecule has 0 bridgehead atoms. The number of amides is 1. The molecule has 0 aliphatic heterocycles. The number of methoxy groups -OCH3 is 2. The number of nitro groups is 1. The van der Waals surface area contributed by atoms with Crippen LogP contribution >= 0.6 is 0 Å². The Bertz CT molecular complexity index is 1290. The monoisotopic (exact) mass is 457 g/mol. The number of carbonyl (C=O) groups excluding carboxylic acids is 1. The molecule has 0 fully saturated rings. The van der Waals surface area contributed by atoms with E-state index in [9.17, 15) is 23.3 Å². The lowest BCUT2D eigenvalue weighted by atomic mass is 10.1. The van der Waals surface area contributed by atoms with E-state index in [4.69, 9.17) is 15.2 Å². The molecule has 10 nitrogen and oxygen atoms in total. The molecule has 0 saturated carbocycles. The van der Waals surface area contributed by atoms with E-state index in [-0.39, 0.29) is 32.4 Å². The van der Waals surface area contributed by atoms with E-state index in [1.54, 1.807) is 18.2 Å². The van der Waals surface area contributed by atoms with Gasteiger partial charge in [0.1, 0.15) is 11.5 Å². The highest BCUT2D eigenvalue weighted by Gasteiger charge is 2.27. The molecule has 166 valence electrons. The van der Waals surface area contributed by atoms with Crippen LogP contribution in [0.4, 0.5) is 17.1 Å². The number of hydrogen-bond donors (Lipinski definition) is 2. The first kappa shape index (κ1) is 22.6. The van der Waals surface area contributed by atoms with Crippen LogP contribution in [0.25, 0.3) is 0 Å². The summed E-state index contributed by atoms with van der Waals surface area (Å²) < 4.78 is 36.8. The van der Waals surface area contributed by atoms with Gasteiger partial charge in [0.15, 0.2) is 0 Å². The predicted octanol–water partition coefficient (Wildman–Crippen LogP) is 3.28. The third-order valence-corrected chi connectivity index (χ3v) is 6.40. The summed E-state index contributed by atoms with van der Waals surface area (Å²) in [5, 5.41) is 13.5. The fraction of sp³-hybridized carbons (Fsp3) is 0.0952. The van der Waals surface area contributed by atoms with Gasteiger partial charge in [-0.1, -0.05) is 6.07 Å². The first-order valence-corrected chi connectivity index (χ1v) is 10.6. The molecule has 0 aliphatic carbocycles. The topological polar surface area (TPSA) is 151 Å². The second kappa shape index (κ2) is 8.94. The molecular formula is C21H19N3O7S. The van der Waals surface area contributed by atoms with Crippen molar-refractivity contribution in [3.63, 3.8) is 0 Å². The van der Waals surface area contributed by atoms with Gasteiger partial charge in [0.2, 0.25) is 9.84 Å². The number of carbonyl (C=O) groups is 1. The Hall–Kier alpha value is -4.12. The van der Waals surface area contributed by atoms with Crippen LogP contribution in [0.2, 0.25) is 0 Å². The number of rotatable bonds is 7. The van der Waals surface area contributed by atoms with Crippen LogP contribution in [0, 0.1) is 10.1 Å². The maximum absolute atomic E-state index is 13.2. The van der Waals surface area contributed by atoms with E-state index in [0.717, 1.165) is 24.3 Å². The summed E-state index contributed by atoms with van der Waals surface area (Å²) in [6, 6.07) is 13.1. The van der Waals surface area contributed by atoms with Crippen molar-refractivity contribution in [3.05, 3.63) is 76.3 Å². The highest BCUT2D eigenvalue weighted by Crippen LogP contribution is 2.32. The molecule has 11 heteroatoms. The molecule has 0 unspecified atom stereocenters. The van der Waals surface area contributed by atoms with Crippen molar-refractivity contribution in [2.75, 3.05) is 25.3 Å². The standard InChI is InChI=1S/C21H19N3O7S/c1-30-14-8-11-17(18(12-14)31-2)23-21(25)20-16(22)4-3-5-19(20)32(28,29)15-9-6-13(7-10-15)24(26)27/h3-12H,22H2,1-2H3,(H,23,25). The summed E-state index contributed by atoms with van der Waals surface area (Å²) in [5.74, 6) is 0.0274. The summed E-state index contributed by atoms with van der Waals surface area (Å²) in [4.78, 5) is 22.7. The Labute approximate surface area is 183 Å². The summed E-state index contributed by atoms with van der Waals surface area (Å²) in [6.07, 6.45) is 0. The Morgan fingerprint density at radius 2 is 1.72 bits per heavy atom. The van der Waals surface area contributed by atoms with Crippen molar-refractivity contribution in [1.82, 2.24) is 0 Å². The van der Waals surface area contributed by atoms with Gasteiger partial charge in [-0.3, -0.25) is 14.9 Å². The van der Waals surface area contributed by atoms with Gasteiger partial charge in [-0.15, -0.1) is 0 Å². The highest BCUT2D eigenvalue weighted by atomic mass is 32.2. The van der Waals surface area contributed by atoms with Crippen molar-refractivity contribution in [2.24, 2.45) is 0 Å². The molecule has 0 spiro atoms. The van der Waals surface area contributed by atoms with Gasteiger partial charge in [0.25, 0.3) is 11.6 Å². The quantitative estimate of drug-likeness (QED) is 0.312. The second-order valence-corrected chi connectivity index (χ2v) is 8.41. The lowest BCUT2D eigenvalue weighted by Crippen LogP contribution is -2.19. The number of nitro benzene ring substituents is 1. The molecular weight excluding hydrogens is 438 g/mol. The number of non-ortho nitro benzene ring substituents is 1. The number of anilines is 2. The SMILES string of the molecule is COc1ccc(NC(=O)c2c(N)cccc2S(=O)(=O)c2ccc([N+](=O)[O-])cc2)c(OC)c1. The average Bonchev–Trinajstić information content (AvgIpc) is 2.79. The minimum absolute atomic E-state index is 0.0574. The molecule has 3 aromatic rings. The van der Waals surface area contributed by atoms with Crippen molar-refractivity contribution in [2.45, 2.75) is 9.79 Å². The van der Waals surface area contributed by atoms with Crippen LogP contribution in [-0.2, 0) is 9.84 Å². The van der Waals surface area contributed by atoms with Gasteiger partial charge in [-0.2, -0.15) is 0 Å². The van der Waals surface area contributed by atoms with Gasteiger partial charge in [0.05, 0.1) is 40.2 Å². The predicted molar refractivity (Wildman–Crippen MR) is 117 cm³/mol. The molecule has 3 aromatic carbocycles. The number of nitrogens with zero attached hydrogens (tertiary/aromatic N) is 1. The molecule has 0 radical (unpaired) electrons. The zero-order valence-corrected chi connectivity index (χ0v) is 17.9. The lowest BCUT2D eigenvalue weighted by Gasteiger charge is -2.15. The summed E-state index contributed by atoms with van der Waals surface area (Å²) in [5.41, 5.74) is 5.66. The molecule has 0 aliphatic rings. The number of ether oxygens (including phenoxy) is 2. The Morgan fingerprint density at radius 3 is 2.31 bits per heavy atom. The summed E-state index contributed by atoms with van der Waals surface area (Å²) in [7, 11) is -1.33. The number of nitrogen functional groups attached to an aromatic ring is 1. The first-order valence-electron chi connectivity index (χ1n) is 9.10. The summed E-state index contributed by atoms with van der Waals surface area (Å²) >= 11 is 0. The van der Waals surface area contributed by atoms with Gasteiger partial charge in [0, 0.05) is 23.9 Å². The zero-order valence-electron chi connectivity index (χ0n) is 17.1. The maximum atomic E-state index is 13.2. The molecule has 1 amide bonds. The van der Waals surface area contributed by atoms with E-state index >= 15 is 0 Å². The molecule has 3 rings (SSSR count). The second-order valence-electron chi connectivity index (χ2n) is 6.50. The first-order chi connectivity index (χ1) is 15.2. The van der Waals surface area contributed by atoms with E-state index in [2.05, 4.69) is 5.32 Å². The Kier molecular flexibility index (Phi) is 6.30. The van der Waals surface area contributed by atoms with Crippen LogP contribution in [0.3, 0.4) is 0 Å². The molecule has 0 saturated heterocycles. The molecule has 0 aromatic heterocycles. The zero-order chi connectivity index (χ0) is 23.5. The third-order valence-electron chi connectivity index (χ3n) is 4.59. The average molecular weight is 457 g/mol. The lowest BCUT2D eigenvalue weighted by molar-refractivity contribution is -0.384. The maximum Gasteiger partial charge on any atom is 0.269 e. The van der Waals surface area contributed by atoms with Crippen LogP contribution in [0.1, 0.15) is 10.4 Å². The Balaban J connectivity index is 2.04. The van der Waals surface area contributed by atoms with Crippen molar-refractivity contribution in [1.29, 1.82) is 0 Å². The third kappa shape index (κ3) is 4.32. The number of hydrogen-bond acceptors (Lipinski definition) is 8. The van der Waals surface area contributed by atoms with E-state index in [0.29, 0.717) is 11.5 Å². The van der Waals surface area contributed by atoms with Crippen molar-refractivity contribution in [3.8, 4) is 11.5 Å². The minimum atomic E-state index is -4.21. The number of sulfone groups is 1. The largest absolute Gasteiger partial charge is 0.497 e. The van der Waals surface area contributed by atoms with E-state index in [1.807, 2.05) is 0 Å². The van der Waals surface area contributed by atoms with Gasteiger partial charge < -0.3 is 20.5 Å². The molecule has 0 heterocycles. The number of benzene rings is 3. The fourth-order valence-electron chi connectivity index (χ4n) is 2.98. The number of nitrogens with one attached hydrogen (secondary N) is 1. The smallest absolute Gasteiger partial charge is 0.269 e. The van der Waals surface area contributed by atoms with Gasteiger partial charge in [-0.05, 0) is 36.4 Å². The van der Waals surface area contributed by atoms with Crippen LogP contribution < -0.4 is 20.5 Å². The van der Waals surface area contributed by atoms with Gasteiger partial charge in [-0.25, -0.2) is 8.42 Å². The Morgan fingerprint density at radius 1 is 1.03 bits per heavy atom.